The van der Waals surface area contributed by atoms with Crippen LogP contribution in [0, 0.1) is 0 Å². The lowest BCUT2D eigenvalue weighted by Gasteiger charge is -2.26. The van der Waals surface area contributed by atoms with Crippen molar-refractivity contribution < 1.29 is 9.53 Å². The zero-order chi connectivity index (χ0) is 16.3. The van der Waals surface area contributed by atoms with Gasteiger partial charge in [0.05, 0.1) is 23.7 Å². The van der Waals surface area contributed by atoms with Gasteiger partial charge in [-0.3, -0.25) is 4.79 Å². The van der Waals surface area contributed by atoms with Crippen molar-refractivity contribution in [3.05, 3.63) is 57.8 Å². The molecule has 1 atom stereocenters. The van der Waals surface area contributed by atoms with Crippen LogP contribution in [0.3, 0.4) is 0 Å². The van der Waals surface area contributed by atoms with Gasteiger partial charge in [0.1, 0.15) is 10.9 Å². The van der Waals surface area contributed by atoms with E-state index >= 15 is 0 Å². The Morgan fingerprint density at radius 3 is 2.64 bits per heavy atom. The van der Waals surface area contributed by atoms with Gasteiger partial charge in [-0.2, -0.15) is 0 Å². The van der Waals surface area contributed by atoms with Crippen molar-refractivity contribution >= 4 is 29.1 Å². The van der Waals surface area contributed by atoms with Crippen molar-refractivity contribution in [1.82, 2.24) is 9.88 Å². The van der Waals surface area contributed by atoms with Crippen LogP contribution in [0.1, 0.15) is 28.9 Å². The van der Waals surface area contributed by atoms with E-state index < -0.39 is 0 Å². The minimum absolute atomic E-state index is 0.168. The number of pyridine rings is 1. The van der Waals surface area contributed by atoms with E-state index in [2.05, 4.69) is 4.98 Å². The number of halogens is 2. The Balaban J connectivity index is 2.28. The molecule has 0 saturated carbocycles. The number of methoxy groups -OCH3 is 1. The number of hydrogen-bond acceptors (Lipinski definition) is 3. The summed E-state index contributed by atoms with van der Waals surface area (Å²) in [6.07, 6.45) is 1.42. The summed E-state index contributed by atoms with van der Waals surface area (Å²) in [6.45, 7) is 1.93. The maximum atomic E-state index is 12.6. The molecule has 1 amide bonds. The average molecular weight is 339 g/mol. The van der Waals surface area contributed by atoms with Crippen molar-refractivity contribution in [1.29, 1.82) is 0 Å². The number of carbonyl (C=O) groups is 1. The molecule has 0 aliphatic heterocycles. The summed E-state index contributed by atoms with van der Waals surface area (Å²) in [5, 5.41) is 0.435. The summed E-state index contributed by atoms with van der Waals surface area (Å²) in [6, 6.07) is 8.95. The minimum Gasteiger partial charge on any atom is -0.496 e. The molecule has 0 bridgehead atoms. The van der Waals surface area contributed by atoms with E-state index in [4.69, 9.17) is 27.9 Å². The van der Waals surface area contributed by atoms with Gasteiger partial charge in [0.25, 0.3) is 5.91 Å². The van der Waals surface area contributed by atoms with Crippen molar-refractivity contribution in [2.24, 2.45) is 0 Å². The molecule has 116 valence electrons. The first-order chi connectivity index (χ1) is 10.5. The summed E-state index contributed by atoms with van der Waals surface area (Å²) in [5.74, 6) is 0.548. The molecule has 0 saturated heterocycles. The molecule has 0 spiro atoms. The molecule has 1 aromatic carbocycles. The Bertz CT molecular complexity index is 692. The molecule has 1 aromatic heterocycles. The monoisotopic (exact) mass is 338 g/mol. The molecule has 2 rings (SSSR count). The Labute approximate surface area is 139 Å². The van der Waals surface area contributed by atoms with E-state index in [1.807, 2.05) is 31.2 Å². The third-order valence-corrected chi connectivity index (χ3v) is 4.22. The van der Waals surface area contributed by atoms with Crippen LogP contribution >= 0.6 is 23.2 Å². The molecule has 6 heteroatoms. The third kappa shape index (κ3) is 3.34. The van der Waals surface area contributed by atoms with Crippen molar-refractivity contribution in [2.75, 3.05) is 14.2 Å². The number of nitrogens with zero attached hydrogens (tertiary/aromatic N) is 2. The van der Waals surface area contributed by atoms with Crippen LogP contribution in [-0.2, 0) is 0 Å². The first-order valence-corrected chi connectivity index (χ1v) is 7.42. The lowest BCUT2D eigenvalue weighted by atomic mass is 10.1. The number of carbonyl (C=O) groups excluding carboxylic acids is 1. The molecule has 1 heterocycles. The number of hydrogen-bond donors (Lipinski definition) is 0. The lowest BCUT2D eigenvalue weighted by molar-refractivity contribution is 0.0740. The van der Waals surface area contributed by atoms with Crippen LogP contribution in [0.4, 0.5) is 0 Å². The molecular weight excluding hydrogens is 323 g/mol. The molecule has 0 aliphatic rings. The molecular formula is C16H16Cl2N2O2. The fraction of sp³-hybridized carbons (Fsp3) is 0.250. The average Bonchev–Trinajstić information content (AvgIpc) is 2.55. The quantitative estimate of drug-likeness (QED) is 0.783. The van der Waals surface area contributed by atoms with Crippen LogP contribution in [0.15, 0.2) is 36.5 Å². The van der Waals surface area contributed by atoms with Gasteiger partial charge >= 0.3 is 0 Å². The maximum absolute atomic E-state index is 12.6. The Morgan fingerprint density at radius 2 is 2.00 bits per heavy atom. The summed E-state index contributed by atoms with van der Waals surface area (Å²) in [5.41, 5.74) is 1.31. The lowest BCUT2D eigenvalue weighted by Crippen LogP contribution is -2.30. The Kier molecular flexibility index (Phi) is 5.27. The molecule has 0 aliphatic carbocycles. The largest absolute Gasteiger partial charge is 0.496 e. The highest BCUT2D eigenvalue weighted by atomic mass is 35.5. The highest BCUT2D eigenvalue weighted by Crippen LogP contribution is 2.29. The summed E-state index contributed by atoms with van der Waals surface area (Å²) in [7, 11) is 3.33. The molecule has 0 fully saturated rings. The van der Waals surface area contributed by atoms with Gasteiger partial charge in [0.15, 0.2) is 0 Å². The Hall–Kier alpha value is -1.78. The van der Waals surface area contributed by atoms with E-state index in [-0.39, 0.29) is 22.1 Å². The summed E-state index contributed by atoms with van der Waals surface area (Å²) < 4.78 is 5.35. The maximum Gasteiger partial charge on any atom is 0.255 e. The number of rotatable bonds is 4. The SMILES string of the molecule is COc1ccccc1C(C)N(C)C(=O)c1cnc(Cl)c(Cl)c1. The normalized spacial score (nSPS) is 11.9. The van der Waals surface area contributed by atoms with Crippen LogP contribution in [0.5, 0.6) is 5.75 Å². The van der Waals surface area contributed by atoms with Crippen molar-refractivity contribution in [3.8, 4) is 5.75 Å². The second kappa shape index (κ2) is 6.99. The van der Waals surface area contributed by atoms with Crippen LogP contribution < -0.4 is 4.74 Å². The third-order valence-electron chi connectivity index (χ3n) is 3.53. The predicted octanol–water partition coefficient (Wildman–Crippen LogP) is 4.23. The number of ether oxygens (including phenoxy) is 1. The molecule has 0 N–H and O–H groups in total. The molecule has 0 radical (unpaired) electrons. The number of benzene rings is 1. The van der Waals surface area contributed by atoms with Gasteiger partial charge in [-0.15, -0.1) is 0 Å². The molecule has 2 aromatic rings. The van der Waals surface area contributed by atoms with Crippen LogP contribution in [-0.4, -0.2) is 29.9 Å². The smallest absolute Gasteiger partial charge is 0.255 e. The minimum atomic E-state index is -0.190. The van der Waals surface area contributed by atoms with Crippen molar-refractivity contribution in [2.45, 2.75) is 13.0 Å². The van der Waals surface area contributed by atoms with Gasteiger partial charge in [-0.05, 0) is 19.1 Å². The second-order valence-corrected chi connectivity index (χ2v) is 5.60. The fourth-order valence-corrected chi connectivity index (χ4v) is 2.41. The van der Waals surface area contributed by atoms with Gasteiger partial charge in [-0.1, -0.05) is 41.4 Å². The van der Waals surface area contributed by atoms with Gasteiger partial charge in [-0.25, -0.2) is 4.98 Å². The zero-order valence-electron chi connectivity index (χ0n) is 12.5. The fourth-order valence-electron chi connectivity index (χ4n) is 2.14. The summed E-state index contributed by atoms with van der Waals surface area (Å²) in [4.78, 5) is 18.1. The highest BCUT2D eigenvalue weighted by molar-refractivity contribution is 6.41. The van der Waals surface area contributed by atoms with E-state index in [1.54, 1.807) is 19.1 Å². The summed E-state index contributed by atoms with van der Waals surface area (Å²) >= 11 is 11.7. The highest BCUT2D eigenvalue weighted by Gasteiger charge is 2.22. The van der Waals surface area contributed by atoms with Crippen LogP contribution in [0.2, 0.25) is 10.2 Å². The van der Waals surface area contributed by atoms with Gasteiger partial charge in [0, 0.05) is 18.8 Å². The first kappa shape index (κ1) is 16.6. The number of aromatic nitrogens is 1. The van der Waals surface area contributed by atoms with E-state index in [9.17, 15) is 4.79 Å². The van der Waals surface area contributed by atoms with Crippen molar-refractivity contribution in [3.63, 3.8) is 0 Å². The first-order valence-electron chi connectivity index (χ1n) is 6.66. The number of para-hydroxylation sites is 1. The number of amides is 1. The van der Waals surface area contributed by atoms with E-state index in [0.717, 1.165) is 11.3 Å². The van der Waals surface area contributed by atoms with Gasteiger partial charge < -0.3 is 9.64 Å². The predicted molar refractivity (Wildman–Crippen MR) is 87.8 cm³/mol. The standard InChI is InChI=1S/C16H16Cl2N2O2/c1-10(12-6-4-5-7-14(12)22-3)20(2)16(21)11-8-13(17)15(18)19-9-11/h4-10H,1-3H3. The second-order valence-electron chi connectivity index (χ2n) is 4.83. The van der Waals surface area contributed by atoms with Gasteiger partial charge in [0.2, 0.25) is 0 Å². The Morgan fingerprint density at radius 1 is 1.32 bits per heavy atom. The zero-order valence-corrected chi connectivity index (χ0v) is 14.0. The molecule has 1 unspecified atom stereocenters. The van der Waals surface area contributed by atoms with E-state index in [0.29, 0.717) is 5.56 Å². The van der Waals surface area contributed by atoms with E-state index in [1.165, 1.54) is 12.3 Å². The molecule has 22 heavy (non-hydrogen) atoms. The van der Waals surface area contributed by atoms with Crippen LogP contribution in [0.25, 0.3) is 0 Å². The molecule has 4 nitrogen and oxygen atoms in total. The topological polar surface area (TPSA) is 42.4 Å².